The smallest absolute Gasteiger partial charge is 0.382 e. The lowest BCUT2D eigenvalue weighted by Gasteiger charge is -2.20. The minimum Gasteiger partial charge on any atom is -0.494 e. The Hall–Kier alpha value is -2.12. The second kappa shape index (κ2) is 5.01. The zero-order chi connectivity index (χ0) is 15.0. The van der Waals surface area contributed by atoms with Crippen LogP contribution in [-0.4, -0.2) is 15.5 Å². The highest BCUT2D eigenvalue weighted by atomic mass is 32.2. The molecule has 0 spiro atoms. The van der Waals surface area contributed by atoms with Gasteiger partial charge >= 0.3 is 10.3 Å². The molecule has 0 bridgehead atoms. The van der Waals surface area contributed by atoms with Crippen LogP contribution in [0.3, 0.4) is 0 Å². The molecule has 0 saturated heterocycles. The predicted molar refractivity (Wildman–Crippen MR) is 74.8 cm³/mol. The van der Waals surface area contributed by atoms with Gasteiger partial charge in [-0.15, -0.1) is 0 Å². The largest absolute Gasteiger partial charge is 0.494 e. The second-order valence-electron chi connectivity index (χ2n) is 4.50. The number of rotatable bonds is 2. The molecule has 1 heterocycles. The molecule has 21 heavy (non-hydrogen) atoms. The summed E-state index contributed by atoms with van der Waals surface area (Å²) in [6, 6.07) is 9.61. The highest BCUT2D eigenvalue weighted by Crippen LogP contribution is 2.37. The van der Waals surface area contributed by atoms with Crippen molar-refractivity contribution in [3.05, 3.63) is 47.8 Å². The molecule has 0 amide bonds. The van der Waals surface area contributed by atoms with E-state index in [4.69, 9.17) is 8.92 Å². The fourth-order valence-corrected chi connectivity index (χ4v) is 3.00. The van der Waals surface area contributed by atoms with Crippen molar-refractivity contribution in [2.75, 3.05) is 7.11 Å². The van der Waals surface area contributed by atoms with Crippen molar-refractivity contribution in [2.24, 2.45) is 0 Å². The molecule has 0 saturated carbocycles. The van der Waals surface area contributed by atoms with Crippen molar-refractivity contribution >= 4 is 10.3 Å². The molecule has 0 aromatic heterocycles. The first-order valence-corrected chi connectivity index (χ1v) is 7.56. The van der Waals surface area contributed by atoms with E-state index in [1.165, 1.54) is 19.2 Å². The van der Waals surface area contributed by atoms with E-state index in [2.05, 4.69) is 4.72 Å². The molecule has 5 nitrogen and oxygen atoms in total. The van der Waals surface area contributed by atoms with Crippen molar-refractivity contribution < 1.29 is 21.7 Å². The Labute approximate surface area is 121 Å². The minimum atomic E-state index is -3.82. The van der Waals surface area contributed by atoms with Crippen LogP contribution in [-0.2, 0) is 16.8 Å². The van der Waals surface area contributed by atoms with Gasteiger partial charge < -0.3 is 8.92 Å². The number of para-hydroxylation sites is 1. The summed E-state index contributed by atoms with van der Waals surface area (Å²) >= 11 is 0. The van der Waals surface area contributed by atoms with E-state index >= 15 is 0 Å². The van der Waals surface area contributed by atoms with E-state index in [9.17, 15) is 12.8 Å². The van der Waals surface area contributed by atoms with Crippen LogP contribution in [0.25, 0.3) is 11.1 Å². The number of hydrogen-bond acceptors (Lipinski definition) is 4. The zero-order valence-corrected chi connectivity index (χ0v) is 11.9. The lowest BCUT2D eigenvalue weighted by molar-refractivity contribution is 0.386. The highest BCUT2D eigenvalue weighted by molar-refractivity contribution is 7.85. The number of ether oxygens (including phenoxy) is 1. The van der Waals surface area contributed by atoms with Crippen LogP contribution in [0, 0.1) is 5.82 Å². The van der Waals surface area contributed by atoms with Gasteiger partial charge in [0.1, 0.15) is 0 Å². The van der Waals surface area contributed by atoms with Crippen LogP contribution in [0.15, 0.2) is 36.4 Å². The summed E-state index contributed by atoms with van der Waals surface area (Å²) in [5.41, 5.74) is 1.72. The molecule has 0 aliphatic carbocycles. The van der Waals surface area contributed by atoms with Gasteiger partial charge in [-0.05, 0) is 17.7 Å². The number of methoxy groups -OCH3 is 1. The summed E-state index contributed by atoms with van der Waals surface area (Å²) in [7, 11) is -2.44. The van der Waals surface area contributed by atoms with Gasteiger partial charge in [-0.3, -0.25) is 0 Å². The van der Waals surface area contributed by atoms with Gasteiger partial charge in [-0.1, -0.05) is 24.3 Å². The maximum atomic E-state index is 13.8. The number of hydrogen-bond donors (Lipinski definition) is 1. The zero-order valence-electron chi connectivity index (χ0n) is 11.1. The van der Waals surface area contributed by atoms with Crippen molar-refractivity contribution in [2.45, 2.75) is 6.54 Å². The molecule has 1 aliphatic heterocycles. The molecule has 3 rings (SSSR count). The molecule has 0 unspecified atom stereocenters. The topological polar surface area (TPSA) is 64.6 Å². The van der Waals surface area contributed by atoms with E-state index in [0.29, 0.717) is 16.7 Å². The highest BCUT2D eigenvalue weighted by Gasteiger charge is 2.24. The Kier molecular flexibility index (Phi) is 3.30. The molecule has 1 aliphatic rings. The van der Waals surface area contributed by atoms with Crippen molar-refractivity contribution in [1.29, 1.82) is 0 Å². The number of benzene rings is 2. The molecular weight excluding hydrogens is 297 g/mol. The summed E-state index contributed by atoms with van der Waals surface area (Å²) in [4.78, 5) is 0. The summed E-state index contributed by atoms with van der Waals surface area (Å²) in [6.07, 6.45) is 0. The van der Waals surface area contributed by atoms with Crippen molar-refractivity contribution in [3.8, 4) is 22.6 Å². The molecule has 1 N–H and O–H groups in total. The number of fused-ring (bicyclic) bond motifs is 1. The average Bonchev–Trinajstić information content (AvgIpc) is 2.45. The van der Waals surface area contributed by atoms with Gasteiger partial charge in [0.05, 0.1) is 7.11 Å². The third-order valence-electron chi connectivity index (χ3n) is 3.19. The molecule has 0 fully saturated rings. The van der Waals surface area contributed by atoms with Gasteiger partial charge in [-0.2, -0.15) is 13.1 Å². The third-order valence-corrected chi connectivity index (χ3v) is 4.08. The van der Waals surface area contributed by atoms with Crippen LogP contribution >= 0.6 is 0 Å². The fraction of sp³-hybridized carbons (Fsp3) is 0.143. The second-order valence-corrected chi connectivity index (χ2v) is 5.87. The molecule has 0 radical (unpaired) electrons. The fourth-order valence-electron chi connectivity index (χ4n) is 2.19. The Bertz CT molecular complexity index is 805. The summed E-state index contributed by atoms with van der Waals surface area (Å²) < 4.78 is 49.1. The van der Waals surface area contributed by atoms with Gasteiger partial charge in [0, 0.05) is 17.7 Å². The first kappa shape index (κ1) is 13.8. The van der Waals surface area contributed by atoms with E-state index in [-0.39, 0.29) is 18.0 Å². The van der Waals surface area contributed by atoms with Crippen molar-refractivity contribution in [1.82, 2.24) is 4.72 Å². The van der Waals surface area contributed by atoms with Gasteiger partial charge in [0.15, 0.2) is 17.3 Å². The summed E-state index contributed by atoms with van der Waals surface area (Å²) in [5.74, 6) is -0.177. The molecular formula is C14H12FNO4S. The third kappa shape index (κ3) is 2.57. The normalized spacial score (nSPS) is 15.9. The SMILES string of the molecule is COc1ccc(-c2cccc3c2OS(=O)(=O)NC3)cc1F. The summed E-state index contributed by atoms with van der Waals surface area (Å²) in [5, 5.41) is 0. The van der Waals surface area contributed by atoms with Crippen LogP contribution in [0.5, 0.6) is 11.5 Å². The van der Waals surface area contributed by atoms with E-state index < -0.39 is 16.1 Å². The van der Waals surface area contributed by atoms with Crippen molar-refractivity contribution in [3.63, 3.8) is 0 Å². The van der Waals surface area contributed by atoms with Gasteiger partial charge in [0.25, 0.3) is 0 Å². The first-order valence-electron chi connectivity index (χ1n) is 6.15. The maximum Gasteiger partial charge on any atom is 0.382 e. The Morgan fingerprint density at radius 2 is 2.10 bits per heavy atom. The number of halogens is 1. The average molecular weight is 309 g/mol. The summed E-state index contributed by atoms with van der Waals surface area (Å²) in [6.45, 7) is 0.143. The molecule has 2 aromatic carbocycles. The standard InChI is InChI=1S/C14H12FNO4S/c1-19-13-6-5-9(7-12(13)15)11-4-2-3-10-8-16-21(17,18)20-14(10)11/h2-7,16H,8H2,1H3. The molecule has 2 aromatic rings. The monoisotopic (exact) mass is 309 g/mol. The van der Waals surface area contributed by atoms with E-state index in [0.717, 1.165) is 0 Å². The Morgan fingerprint density at radius 1 is 1.29 bits per heavy atom. The number of nitrogens with one attached hydrogen (secondary N) is 1. The Balaban J connectivity index is 2.14. The lowest BCUT2D eigenvalue weighted by atomic mass is 10.0. The lowest BCUT2D eigenvalue weighted by Crippen LogP contribution is -2.32. The van der Waals surface area contributed by atoms with Gasteiger partial charge in [-0.25, -0.2) is 4.39 Å². The van der Waals surface area contributed by atoms with Gasteiger partial charge in [0.2, 0.25) is 0 Å². The maximum absolute atomic E-state index is 13.8. The molecule has 0 atom stereocenters. The minimum absolute atomic E-state index is 0.124. The molecule has 7 heteroatoms. The van der Waals surface area contributed by atoms with Crippen LogP contribution < -0.4 is 13.6 Å². The van der Waals surface area contributed by atoms with Crippen LogP contribution in [0.2, 0.25) is 0 Å². The van der Waals surface area contributed by atoms with E-state index in [1.807, 2.05) is 0 Å². The Morgan fingerprint density at radius 3 is 2.81 bits per heavy atom. The quantitative estimate of drug-likeness (QED) is 0.924. The molecule has 110 valence electrons. The first-order chi connectivity index (χ1) is 10.00. The predicted octanol–water partition coefficient (Wildman–Crippen LogP) is 2.23. The van der Waals surface area contributed by atoms with Crippen LogP contribution in [0.1, 0.15) is 5.56 Å². The van der Waals surface area contributed by atoms with Crippen LogP contribution in [0.4, 0.5) is 4.39 Å². The van der Waals surface area contributed by atoms with E-state index in [1.54, 1.807) is 24.3 Å².